The van der Waals surface area contributed by atoms with Crippen LogP contribution in [0.2, 0.25) is 0 Å². The van der Waals surface area contributed by atoms with E-state index in [9.17, 15) is 24.9 Å². The maximum Gasteiger partial charge on any atom is 0.225 e. The first-order valence-corrected chi connectivity index (χ1v) is 8.20. The lowest BCUT2D eigenvalue weighted by atomic mass is 9.77. The minimum absolute atomic E-state index is 0.0401. The highest BCUT2D eigenvalue weighted by atomic mass is 16.5. The molecule has 2 unspecified atom stereocenters. The molecule has 0 spiro atoms. The van der Waals surface area contributed by atoms with Gasteiger partial charge in [0, 0.05) is 36.3 Å². The van der Waals surface area contributed by atoms with Gasteiger partial charge in [0.1, 0.15) is 11.5 Å². The Balaban J connectivity index is 2.22. The Labute approximate surface area is 145 Å². The van der Waals surface area contributed by atoms with Crippen LogP contribution in [-0.4, -0.2) is 33.5 Å². The Morgan fingerprint density at radius 3 is 2.52 bits per heavy atom. The van der Waals surface area contributed by atoms with Crippen molar-refractivity contribution in [3.05, 3.63) is 35.1 Å². The van der Waals surface area contributed by atoms with Crippen LogP contribution in [0.15, 0.2) is 29.5 Å². The molecule has 0 aromatic heterocycles. The smallest absolute Gasteiger partial charge is 0.225 e. The molecule has 1 aliphatic heterocycles. The number of ether oxygens (including phenoxy) is 1. The van der Waals surface area contributed by atoms with Crippen molar-refractivity contribution in [2.75, 3.05) is 6.61 Å². The molecule has 3 rings (SSSR count). The number of Topliss-reactive ketones (excluding diaryl/α,β-unsaturated/α-hetero) is 1. The number of aliphatic hydroxyl groups is 1. The number of hydrogen-bond acceptors (Lipinski definition) is 6. The lowest BCUT2D eigenvalue weighted by Crippen LogP contribution is -2.26. The van der Waals surface area contributed by atoms with Crippen LogP contribution in [-0.2, 0) is 9.59 Å². The predicted octanol–water partition coefficient (Wildman–Crippen LogP) is 2.32. The van der Waals surface area contributed by atoms with Crippen LogP contribution in [0.4, 0.5) is 0 Å². The number of benzene rings is 1. The highest BCUT2D eigenvalue weighted by molar-refractivity contribution is 6.43. The molecule has 132 valence electrons. The molecular weight excluding hydrogens is 324 g/mol. The number of ketones is 2. The SMILES string of the molecule is CC(CCO)C(C)C1=C2CC(=O)C(=O)C=C2Oc2cc(O)c(O)cc21. The molecule has 0 bridgehead atoms. The van der Waals surface area contributed by atoms with Crippen LogP contribution in [0.1, 0.15) is 32.3 Å². The summed E-state index contributed by atoms with van der Waals surface area (Å²) in [6.07, 6.45) is 1.69. The van der Waals surface area contributed by atoms with E-state index in [0.717, 1.165) is 5.57 Å². The van der Waals surface area contributed by atoms with Gasteiger partial charge in [-0.05, 0) is 29.9 Å². The van der Waals surface area contributed by atoms with E-state index in [1.807, 2.05) is 13.8 Å². The fraction of sp³-hybridized carbons (Fsp3) is 0.368. The monoisotopic (exact) mass is 344 g/mol. The molecule has 0 radical (unpaired) electrons. The number of fused-ring (bicyclic) bond motifs is 2. The van der Waals surface area contributed by atoms with Crippen molar-refractivity contribution < 1.29 is 29.6 Å². The highest BCUT2D eigenvalue weighted by Crippen LogP contribution is 2.48. The summed E-state index contributed by atoms with van der Waals surface area (Å²) in [5.74, 6) is -1.05. The molecule has 2 aliphatic rings. The minimum Gasteiger partial charge on any atom is -0.504 e. The second kappa shape index (κ2) is 6.37. The van der Waals surface area contributed by atoms with Gasteiger partial charge in [-0.2, -0.15) is 0 Å². The van der Waals surface area contributed by atoms with Crippen molar-refractivity contribution in [1.82, 2.24) is 0 Å². The van der Waals surface area contributed by atoms with Crippen molar-refractivity contribution in [2.24, 2.45) is 11.8 Å². The molecule has 3 N–H and O–H groups in total. The summed E-state index contributed by atoms with van der Waals surface area (Å²) in [5, 5.41) is 28.9. The number of phenols is 2. The maximum atomic E-state index is 11.9. The molecule has 1 heterocycles. The summed E-state index contributed by atoms with van der Waals surface area (Å²) in [7, 11) is 0. The van der Waals surface area contributed by atoms with Gasteiger partial charge in [-0.3, -0.25) is 9.59 Å². The van der Waals surface area contributed by atoms with Gasteiger partial charge in [0.25, 0.3) is 0 Å². The van der Waals surface area contributed by atoms with Gasteiger partial charge in [-0.1, -0.05) is 13.8 Å². The largest absolute Gasteiger partial charge is 0.504 e. The molecule has 1 aromatic rings. The number of carbonyl (C=O) groups is 2. The molecule has 1 aromatic carbocycles. The molecule has 6 nitrogen and oxygen atoms in total. The Hall–Kier alpha value is -2.60. The van der Waals surface area contributed by atoms with Gasteiger partial charge in [-0.15, -0.1) is 0 Å². The first kappa shape index (κ1) is 17.2. The third kappa shape index (κ3) is 2.93. The van der Waals surface area contributed by atoms with Crippen LogP contribution < -0.4 is 4.74 Å². The third-order valence-electron chi connectivity index (χ3n) is 4.98. The molecule has 0 saturated carbocycles. The van der Waals surface area contributed by atoms with E-state index in [2.05, 4.69) is 0 Å². The van der Waals surface area contributed by atoms with Gasteiger partial charge in [0.2, 0.25) is 11.6 Å². The molecule has 0 saturated heterocycles. The molecule has 1 aliphatic carbocycles. The van der Waals surface area contributed by atoms with E-state index in [0.29, 0.717) is 29.1 Å². The maximum absolute atomic E-state index is 11.9. The topological polar surface area (TPSA) is 104 Å². The number of aliphatic hydroxyl groups excluding tert-OH is 1. The second-order valence-electron chi connectivity index (χ2n) is 6.58. The third-order valence-corrected chi connectivity index (χ3v) is 4.98. The number of carbonyl (C=O) groups excluding carboxylic acids is 2. The van der Waals surface area contributed by atoms with Crippen molar-refractivity contribution in [3.8, 4) is 17.2 Å². The van der Waals surface area contributed by atoms with E-state index in [-0.39, 0.29) is 36.4 Å². The summed E-state index contributed by atoms with van der Waals surface area (Å²) in [6, 6.07) is 2.71. The average Bonchev–Trinajstić information content (AvgIpc) is 2.55. The van der Waals surface area contributed by atoms with Gasteiger partial charge in [-0.25, -0.2) is 0 Å². The lowest BCUT2D eigenvalue weighted by Gasteiger charge is -2.33. The lowest BCUT2D eigenvalue weighted by molar-refractivity contribution is -0.133. The van der Waals surface area contributed by atoms with Gasteiger partial charge in [0.15, 0.2) is 11.5 Å². The summed E-state index contributed by atoms with van der Waals surface area (Å²) in [5.41, 5.74) is 2.01. The zero-order chi connectivity index (χ0) is 18.3. The van der Waals surface area contributed by atoms with Crippen LogP contribution in [0.5, 0.6) is 17.2 Å². The van der Waals surface area contributed by atoms with Crippen molar-refractivity contribution in [1.29, 1.82) is 0 Å². The summed E-state index contributed by atoms with van der Waals surface area (Å²) >= 11 is 0. The molecule has 0 amide bonds. The number of rotatable bonds is 4. The van der Waals surface area contributed by atoms with Gasteiger partial charge < -0.3 is 20.1 Å². The minimum atomic E-state index is -0.611. The molecular formula is C19H20O6. The van der Waals surface area contributed by atoms with Crippen molar-refractivity contribution >= 4 is 17.1 Å². The fourth-order valence-electron chi connectivity index (χ4n) is 3.33. The number of hydrogen-bond donors (Lipinski definition) is 3. The van der Waals surface area contributed by atoms with E-state index in [1.54, 1.807) is 0 Å². The fourth-order valence-corrected chi connectivity index (χ4v) is 3.33. The normalized spacial score (nSPS) is 18.9. The zero-order valence-corrected chi connectivity index (χ0v) is 14.1. The number of aromatic hydroxyl groups is 2. The van der Waals surface area contributed by atoms with Crippen molar-refractivity contribution in [3.63, 3.8) is 0 Å². The Morgan fingerprint density at radius 1 is 1.16 bits per heavy atom. The van der Waals surface area contributed by atoms with E-state index < -0.39 is 11.6 Å². The zero-order valence-electron chi connectivity index (χ0n) is 14.1. The molecule has 2 atom stereocenters. The van der Waals surface area contributed by atoms with Crippen LogP contribution in [0, 0.1) is 11.8 Å². The van der Waals surface area contributed by atoms with Gasteiger partial charge in [0.05, 0.1) is 0 Å². The summed E-state index contributed by atoms with van der Waals surface area (Å²) < 4.78 is 5.72. The first-order valence-electron chi connectivity index (χ1n) is 8.20. The Bertz CT molecular complexity index is 817. The van der Waals surface area contributed by atoms with Crippen LogP contribution in [0.3, 0.4) is 0 Å². The van der Waals surface area contributed by atoms with Crippen molar-refractivity contribution in [2.45, 2.75) is 26.7 Å². The molecule has 6 heteroatoms. The van der Waals surface area contributed by atoms with E-state index >= 15 is 0 Å². The predicted molar refractivity (Wildman–Crippen MR) is 90.1 cm³/mol. The van der Waals surface area contributed by atoms with Crippen LogP contribution >= 0.6 is 0 Å². The van der Waals surface area contributed by atoms with E-state index in [1.165, 1.54) is 18.2 Å². The second-order valence-corrected chi connectivity index (χ2v) is 6.58. The quantitative estimate of drug-likeness (QED) is 0.572. The first-order chi connectivity index (χ1) is 11.8. The van der Waals surface area contributed by atoms with Crippen LogP contribution in [0.25, 0.3) is 5.57 Å². The molecule has 0 fully saturated rings. The van der Waals surface area contributed by atoms with Gasteiger partial charge >= 0.3 is 0 Å². The van der Waals surface area contributed by atoms with E-state index in [4.69, 9.17) is 4.74 Å². The Kier molecular flexibility index (Phi) is 4.39. The number of phenolic OH excluding ortho intramolecular Hbond substituents is 2. The molecule has 25 heavy (non-hydrogen) atoms. The summed E-state index contributed by atoms with van der Waals surface area (Å²) in [4.78, 5) is 23.7. The Morgan fingerprint density at radius 2 is 1.84 bits per heavy atom. The summed E-state index contributed by atoms with van der Waals surface area (Å²) in [6.45, 7) is 4.00. The highest BCUT2D eigenvalue weighted by Gasteiger charge is 2.35. The average molecular weight is 344 g/mol. The standard InChI is InChI=1S/C19H20O6/c1-9(3-4-20)10(2)19-11-5-13(21)15(23)7-17(11)25-18-8-16(24)14(22)6-12(18)19/h5,7-10,20-21,23H,3-4,6H2,1-2H3. The number of allylic oxidation sites excluding steroid dienone is 3.